The van der Waals surface area contributed by atoms with Crippen LogP contribution in [0.3, 0.4) is 0 Å². The Bertz CT molecular complexity index is 242. The molecule has 0 aliphatic carbocycles. The van der Waals surface area contributed by atoms with Crippen LogP contribution in [-0.4, -0.2) is 42.8 Å². The van der Waals surface area contributed by atoms with Gasteiger partial charge in [0.2, 0.25) is 0 Å². The van der Waals surface area contributed by atoms with Gasteiger partial charge in [0.15, 0.2) is 0 Å². The molecule has 0 aromatic rings. The van der Waals surface area contributed by atoms with Crippen molar-refractivity contribution < 1.29 is 9.53 Å². The summed E-state index contributed by atoms with van der Waals surface area (Å²) >= 11 is 0. The van der Waals surface area contributed by atoms with Crippen LogP contribution in [0.2, 0.25) is 0 Å². The van der Waals surface area contributed by atoms with Gasteiger partial charge in [-0.1, -0.05) is 0 Å². The van der Waals surface area contributed by atoms with E-state index in [0.717, 1.165) is 19.6 Å². The highest BCUT2D eigenvalue weighted by Crippen LogP contribution is 2.15. The lowest BCUT2D eigenvalue weighted by molar-refractivity contribution is 0.0224. The minimum atomic E-state index is -0.407. The summed E-state index contributed by atoms with van der Waals surface area (Å²) in [6, 6.07) is 0. The van der Waals surface area contributed by atoms with Crippen LogP contribution >= 0.6 is 0 Å². The average molecular weight is 242 g/mol. The van der Waals surface area contributed by atoms with Crippen molar-refractivity contribution in [3.05, 3.63) is 0 Å². The number of carbonyl (C=O) groups is 1. The Morgan fingerprint density at radius 2 is 2.18 bits per heavy atom. The SMILES string of the molecule is CCN(C[C@@H]1CCCNC1)C(=O)OC(C)(C)C. The normalized spacial score (nSPS) is 21.1. The molecule has 1 heterocycles. The minimum Gasteiger partial charge on any atom is -0.444 e. The molecule has 1 N–H and O–H groups in total. The van der Waals surface area contributed by atoms with Gasteiger partial charge in [0.1, 0.15) is 5.60 Å². The van der Waals surface area contributed by atoms with Gasteiger partial charge < -0.3 is 15.0 Å². The second kappa shape index (κ2) is 6.24. The Morgan fingerprint density at radius 1 is 1.47 bits per heavy atom. The van der Waals surface area contributed by atoms with Gasteiger partial charge in [0.25, 0.3) is 0 Å². The maximum Gasteiger partial charge on any atom is 0.410 e. The summed E-state index contributed by atoms with van der Waals surface area (Å²) in [5, 5.41) is 3.37. The third-order valence-electron chi connectivity index (χ3n) is 2.91. The maximum atomic E-state index is 11.9. The summed E-state index contributed by atoms with van der Waals surface area (Å²) in [4.78, 5) is 13.8. The van der Waals surface area contributed by atoms with E-state index in [1.165, 1.54) is 12.8 Å². The second-order valence-corrected chi connectivity index (χ2v) is 5.73. The number of hydrogen-bond acceptors (Lipinski definition) is 3. The largest absolute Gasteiger partial charge is 0.444 e. The summed E-state index contributed by atoms with van der Waals surface area (Å²) < 4.78 is 5.40. The lowest BCUT2D eigenvalue weighted by Gasteiger charge is -2.31. The van der Waals surface area contributed by atoms with E-state index in [2.05, 4.69) is 5.32 Å². The molecule has 0 aromatic carbocycles. The first-order valence-electron chi connectivity index (χ1n) is 6.61. The zero-order valence-electron chi connectivity index (χ0n) is 11.6. The van der Waals surface area contributed by atoms with E-state index in [0.29, 0.717) is 12.5 Å². The molecule has 1 rings (SSSR count). The van der Waals surface area contributed by atoms with Crippen molar-refractivity contribution in [1.29, 1.82) is 0 Å². The quantitative estimate of drug-likeness (QED) is 0.825. The van der Waals surface area contributed by atoms with Gasteiger partial charge in [-0.3, -0.25) is 0 Å². The van der Waals surface area contributed by atoms with Crippen LogP contribution < -0.4 is 5.32 Å². The van der Waals surface area contributed by atoms with Crippen molar-refractivity contribution in [3.63, 3.8) is 0 Å². The van der Waals surface area contributed by atoms with Crippen LogP contribution in [0.5, 0.6) is 0 Å². The Hall–Kier alpha value is -0.770. The van der Waals surface area contributed by atoms with E-state index in [4.69, 9.17) is 4.74 Å². The summed E-state index contributed by atoms with van der Waals surface area (Å²) in [6.07, 6.45) is 2.22. The number of piperidine rings is 1. The number of amides is 1. The molecule has 17 heavy (non-hydrogen) atoms. The van der Waals surface area contributed by atoms with Crippen molar-refractivity contribution in [2.75, 3.05) is 26.2 Å². The highest BCUT2D eigenvalue weighted by atomic mass is 16.6. The standard InChI is InChI=1S/C13H26N2O2/c1-5-15(12(16)17-13(2,3)4)10-11-7-6-8-14-9-11/h11,14H,5-10H2,1-4H3/t11-/m1/s1. The van der Waals surface area contributed by atoms with Crippen LogP contribution in [0, 0.1) is 5.92 Å². The van der Waals surface area contributed by atoms with Gasteiger partial charge in [0.05, 0.1) is 0 Å². The van der Waals surface area contributed by atoms with Gasteiger partial charge in [-0.05, 0) is 59.5 Å². The van der Waals surface area contributed by atoms with Gasteiger partial charge >= 0.3 is 6.09 Å². The molecular formula is C13H26N2O2. The predicted octanol–water partition coefficient (Wildman–Crippen LogP) is 2.24. The molecule has 100 valence electrons. The van der Waals surface area contributed by atoms with Gasteiger partial charge in [0, 0.05) is 13.1 Å². The zero-order valence-corrected chi connectivity index (χ0v) is 11.6. The average Bonchev–Trinajstić information content (AvgIpc) is 2.24. The van der Waals surface area contributed by atoms with Gasteiger partial charge in [-0.25, -0.2) is 4.79 Å². The second-order valence-electron chi connectivity index (χ2n) is 5.73. The zero-order chi connectivity index (χ0) is 12.9. The molecule has 1 aliphatic heterocycles. The molecule has 1 saturated heterocycles. The summed E-state index contributed by atoms with van der Waals surface area (Å²) in [5.74, 6) is 0.566. The third-order valence-corrected chi connectivity index (χ3v) is 2.91. The summed E-state index contributed by atoms with van der Waals surface area (Å²) in [6.45, 7) is 11.3. The molecule has 1 atom stereocenters. The number of hydrogen-bond donors (Lipinski definition) is 1. The topological polar surface area (TPSA) is 41.6 Å². The highest BCUT2D eigenvalue weighted by molar-refractivity contribution is 5.68. The van der Waals surface area contributed by atoms with E-state index < -0.39 is 5.60 Å². The van der Waals surface area contributed by atoms with E-state index >= 15 is 0 Å². The fourth-order valence-corrected chi connectivity index (χ4v) is 2.05. The van der Waals surface area contributed by atoms with E-state index in [9.17, 15) is 4.79 Å². The van der Waals surface area contributed by atoms with Crippen LogP contribution in [0.4, 0.5) is 4.79 Å². The summed E-state index contributed by atoms with van der Waals surface area (Å²) in [5.41, 5.74) is -0.407. The fourth-order valence-electron chi connectivity index (χ4n) is 2.05. The number of rotatable bonds is 3. The van der Waals surface area contributed by atoms with Crippen molar-refractivity contribution >= 4 is 6.09 Å². The lowest BCUT2D eigenvalue weighted by Crippen LogP contribution is -2.43. The molecule has 0 unspecified atom stereocenters. The predicted molar refractivity (Wildman–Crippen MR) is 69.1 cm³/mol. The Balaban J connectivity index is 2.43. The highest BCUT2D eigenvalue weighted by Gasteiger charge is 2.24. The van der Waals surface area contributed by atoms with Gasteiger partial charge in [-0.15, -0.1) is 0 Å². The summed E-state index contributed by atoms with van der Waals surface area (Å²) in [7, 11) is 0. The Labute approximate surface area is 105 Å². The number of nitrogens with one attached hydrogen (secondary N) is 1. The van der Waals surface area contributed by atoms with Crippen molar-refractivity contribution in [2.45, 2.75) is 46.1 Å². The number of carbonyl (C=O) groups excluding carboxylic acids is 1. The molecule has 1 fully saturated rings. The van der Waals surface area contributed by atoms with Crippen LogP contribution in [-0.2, 0) is 4.74 Å². The molecule has 0 aromatic heterocycles. The van der Waals surface area contributed by atoms with E-state index in [1.54, 1.807) is 0 Å². The van der Waals surface area contributed by atoms with Crippen LogP contribution in [0.25, 0.3) is 0 Å². The number of nitrogens with zero attached hydrogens (tertiary/aromatic N) is 1. The number of ether oxygens (including phenoxy) is 1. The fraction of sp³-hybridized carbons (Fsp3) is 0.923. The lowest BCUT2D eigenvalue weighted by atomic mass is 9.99. The molecule has 0 spiro atoms. The minimum absolute atomic E-state index is 0.189. The molecule has 4 heteroatoms. The van der Waals surface area contributed by atoms with Crippen molar-refractivity contribution in [1.82, 2.24) is 10.2 Å². The Morgan fingerprint density at radius 3 is 2.65 bits per heavy atom. The van der Waals surface area contributed by atoms with Crippen LogP contribution in [0.1, 0.15) is 40.5 Å². The van der Waals surface area contributed by atoms with E-state index in [1.807, 2.05) is 32.6 Å². The third kappa shape index (κ3) is 5.39. The first kappa shape index (κ1) is 14.3. The molecular weight excluding hydrogens is 216 g/mol. The Kier molecular flexibility index (Phi) is 5.25. The van der Waals surface area contributed by atoms with Crippen molar-refractivity contribution in [3.8, 4) is 0 Å². The van der Waals surface area contributed by atoms with Crippen LogP contribution in [0.15, 0.2) is 0 Å². The maximum absolute atomic E-state index is 11.9. The molecule has 1 amide bonds. The molecule has 4 nitrogen and oxygen atoms in total. The smallest absolute Gasteiger partial charge is 0.410 e. The van der Waals surface area contributed by atoms with Gasteiger partial charge in [-0.2, -0.15) is 0 Å². The monoisotopic (exact) mass is 242 g/mol. The van der Waals surface area contributed by atoms with Crippen molar-refractivity contribution in [2.24, 2.45) is 5.92 Å². The first-order chi connectivity index (χ1) is 7.92. The first-order valence-corrected chi connectivity index (χ1v) is 6.61. The molecule has 1 aliphatic rings. The molecule has 0 saturated carbocycles. The molecule has 0 radical (unpaired) electrons. The molecule has 0 bridgehead atoms. The van der Waals surface area contributed by atoms with E-state index in [-0.39, 0.29) is 6.09 Å².